The van der Waals surface area contributed by atoms with Gasteiger partial charge in [0, 0.05) is 12.9 Å². The molecule has 0 aliphatic heterocycles. The van der Waals surface area contributed by atoms with Crippen LogP contribution in [0.25, 0.3) is 0 Å². The quantitative estimate of drug-likeness (QED) is 0.747. The molecule has 0 aliphatic carbocycles. The van der Waals surface area contributed by atoms with Gasteiger partial charge in [0.2, 0.25) is 5.76 Å². The molecule has 1 aromatic rings. The highest BCUT2D eigenvalue weighted by Gasteiger charge is 2.30. The number of nitrogens with zero attached hydrogens (tertiary/aromatic N) is 2. The van der Waals surface area contributed by atoms with Crippen LogP contribution in [-0.2, 0) is 0 Å². The van der Waals surface area contributed by atoms with Crippen LogP contribution in [0.4, 0.5) is 0 Å². The van der Waals surface area contributed by atoms with Gasteiger partial charge in [0.05, 0.1) is 11.2 Å². The van der Waals surface area contributed by atoms with Gasteiger partial charge in [-0.2, -0.15) is 0 Å². The van der Waals surface area contributed by atoms with Gasteiger partial charge >= 0.3 is 0 Å². The van der Waals surface area contributed by atoms with E-state index in [0.717, 1.165) is 0 Å². The van der Waals surface area contributed by atoms with Crippen molar-refractivity contribution in [3.8, 4) is 0 Å². The molecule has 0 saturated heterocycles. The van der Waals surface area contributed by atoms with Crippen LogP contribution in [-0.4, -0.2) is 34.3 Å². The Hall–Kier alpha value is -1.03. The molecule has 0 bridgehead atoms. The molecule has 15 heavy (non-hydrogen) atoms. The SMILES string of the molecule is Cc1ncoc1C(=O)N(C)C(C)(C)CCl. The van der Waals surface area contributed by atoms with Crippen molar-refractivity contribution < 1.29 is 9.21 Å². The first-order chi connectivity index (χ1) is 6.90. The molecule has 0 radical (unpaired) electrons. The smallest absolute Gasteiger partial charge is 0.291 e. The maximum Gasteiger partial charge on any atom is 0.291 e. The Morgan fingerprint density at radius 2 is 2.27 bits per heavy atom. The first kappa shape index (κ1) is 12.0. The van der Waals surface area contributed by atoms with E-state index in [9.17, 15) is 4.79 Å². The number of oxazole rings is 1. The van der Waals surface area contributed by atoms with Crippen molar-refractivity contribution in [3.63, 3.8) is 0 Å². The van der Waals surface area contributed by atoms with Crippen molar-refractivity contribution >= 4 is 17.5 Å². The highest BCUT2D eigenvalue weighted by Crippen LogP contribution is 2.18. The highest BCUT2D eigenvalue weighted by atomic mass is 35.5. The number of rotatable bonds is 3. The van der Waals surface area contributed by atoms with Gasteiger partial charge in [-0.1, -0.05) is 0 Å². The molecule has 0 unspecified atom stereocenters. The Kier molecular flexibility index (Phi) is 3.39. The maximum atomic E-state index is 12.0. The molecular weight excluding hydrogens is 216 g/mol. The van der Waals surface area contributed by atoms with Crippen molar-refractivity contribution in [1.29, 1.82) is 0 Å². The van der Waals surface area contributed by atoms with E-state index in [1.807, 2.05) is 13.8 Å². The number of carbonyl (C=O) groups excluding carboxylic acids is 1. The highest BCUT2D eigenvalue weighted by molar-refractivity contribution is 6.18. The molecule has 1 rings (SSSR count). The molecule has 1 amide bonds. The van der Waals surface area contributed by atoms with Crippen molar-refractivity contribution in [1.82, 2.24) is 9.88 Å². The Labute approximate surface area is 94.2 Å². The Morgan fingerprint density at radius 3 is 2.67 bits per heavy atom. The van der Waals surface area contributed by atoms with Crippen LogP contribution in [0.2, 0.25) is 0 Å². The summed E-state index contributed by atoms with van der Waals surface area (Å²) in [6.45, 7) is 5.52. The number of hydrogen-bond acceptors (Lipinski definition) is 3. The third-order valence-corrected chi connectivity index (χ3v) is 3.13. The number of hydrogen-bond donors (Lipinski definition) is 0. The minimum Gasteiger partial charge on any atom is -0.438 e. The lowest BCUT2D eigenvalue weighted by Crippen LogP contribution is -2.46. The Balaban J connectivity index is 2.92. The second-order valence-electron chi connectivity index (χ2n) is 4.08. The van der Waals surface area contributed by atoms with Gasteiger partial charge in [0.15, 0.2) is 6.39 Å². The van der Waals surface area contributed by atoms with E-state index in [0.29, 0.717) is 11.6 Å². The molecule has 4 nitrogen and oxygen atoms in total. The molecule has 0 aromatic carbocycles. The minimum absolute atomic E-state index is 0.198. The number of aryl methyl sites for hydroxylation is 1. The zero-order valence-electron chi connectivity index (χ0n) is 9.37. The second kappa shape index (κ2) is 4.23. The van der Waals surface area contributed by atoms with Crippen LogP contribution in [0.1, 0.15) is 30.1 Å². The Morgan fingerprint density at radius 1 is 1.67 bits per heavy atom. The minimum atomic E-state index is -0.405. The van der Waals surface area contributed by atoms with Gasteiger partial charge in [-0.25, -0.2) is 4.98 Å². The fraction of sp³-hybridized carbons (Fsp3) is 0.600. The van der Waals surface area contributed by atoms with Gasteiger partial charge in [0.25, 0.3) is 5.91 Å². The molecule has 0 spiro atoms. The molecule has 0 fully saturated rings. The van der Waals surface area contributed by atoms with Gasteiger partial charge in [-0.05, 0) is 20.8 Å². The number of halogens is 1. The van der Waals surface area contributed by atoms with E-state index < -0.39 is 5.54 Å². The fourth-order valence-corrected chi connectivity index (χ4v) is 1.20. The van der Waals surface area contributed by atoms with Crippen LogP contribution >= 0.6 is 11.6 Å². The topological polar surface area (TPSA) is 46.3 Å². The molecule has 1 aromatic heterocycles. The zero-order valence-corrected chi connectivity index (χ0v) is 10.1. The third-order valence-electron chi connectivity index (χ3n) is 2.48. The first-order valence-electron chi connectivity index (χ1n) is 4.64. The summed E-state index contributed by atoms with van der Waals surface area (Å²) in [4.78, 5) is 17.4. The number of aromatic nitrogens is 1. The van der Waals surface area contributed by atoms with E-state index in [1.165, 1.54) is 6.39 Å². The van der Waals surface area contributed by atoms with Gasteiger partial charge in [-0.3, -0.25) is 4.79 Å². The molecule has 0 saturated carbocycles. The molecule has 84 valence electrons. The predicted octanol–water partition coefficient (Wildman–Crippen LogP) is 2.07. The normalized spacial score (nSPS) is 11.5. The standard InChI is InChI=1S/C10H15ClN2O2/c1-7-8(15-6-12-7)9(14)13(4)10(2,3)5-11/h6H,5H2,1-4H3. The molecule has 1 heterocycles. The largest absolute Gasteiger partial charge is 0.438 e. The average Bonchev–Trinajstić information content (AvgIpc) is 2.62. The molecule has 0 atom stereocenters. The summed E-state index contributed by atoms with van der Waals surface area (Å²) >= 11 is 5.79. The van der Waals surface area contributed by atoms with Crippen LogP contribution in [0.5, 0.6) is 0 Å². The summed E-state index contributed by atoms with van der Waals surface area (Å²) in [5.74, 6) is 0.439. The van der Waals surface area contributed by atoms with Crippen molar-refractivity contribution in [2.45, 2.75) is 26.3 Å². The number of alkyl halides is 1. The zero-order chi connectivity index (χ0) is 11.6. The summed E-state index contributed by atoms with van der Waals surface area (Å²) in [6.07, 6.45) is 1.27. The van der Waals surface area contributed by atoms with E-state index in [-0.39, 0.29) is 11.7 Å². The lowest BCUT2D eigenvalue weighted by atomic mass is 10.1. The summed E-state index contributed by atoms with van der Waals surface area (Å²) in [6, 6.07) is 0. The van der Waals surface area contributed by atoms with E-state index in [2.05, 4.69) is 4.98 Å². The van der Waals surface area contributed by atoms with Gasteiger partial charge < -0.3 is 9.32 Å². The monoisotopic (exact) mass is 230 g/mol. The van der Waals surface area contributed by atoms with E-state index in [4.69, 9.17) is 16.0 Å². The van der Waals surface area contributed by atoms with Crippen LogP contribution < -0.4 is 0 Å². The number of amides is 1. The van der Waals surface area contributed by atoms with E-state index >= 15 is 0 Å². The van der Waals surface area contributed by atoms with E-state index in [1.54, 1.807) is 18.9 Å². The third kappa shape index (κ3) is 2.31. The second-order valence-corrected chi connectivity index (χ2v) is 4.34. The molecular formula is C10H15ClN2O2. The average molecular weight is 231 g/mol. The van der Waals surface area contributed by atoms with Gasteiger partial charge in [-0.15, -0.1) is 11.6 Å². The summed E-state index contributed by atoms with van der Waals surface area (Å²) in [5.41, 5.74) is 0.190. The van der Waals surface area contributed by atoms with Gasteiger partial charge in [0.1, 0.15) is 0 Å². The first-order valence-corrected chi connectivity index (χ1v) is 5.18. The number of carbonyl (C=O) groups is 1. The van der Waals surface area contributed by atoms with Crippen LogP contribution in [0.15, 0.2) is 10.8 Å². The van der Waals surface area contributed by atoms with Crippen LogP contribution in [0, 0.1) is 6.92 Å². The fourth-order valence-electron chi connectivity index (χ4n) is 1.02. The predicted molar refractivity (Wildman–Crippen MR) is 58.1 cm³/mol. The van der Waals surface area contributed by atoms with Crippen molar-refractivity contribution in [2.24, 2.45) is 0 Å². The van der Waals surface area contributed by atoms with Crippen molar-refractivity contribution in [3.05, 3.63) is 17.8 Å². The lowest BCUT2D eigenvalue weighted by molar-refractivity contribution is 0.0626. The molecule has 0 aliphatic rings. The summed E-state index contributed by atoms with van der Waals surface area (Å²) in [7, 11) is 1.70. The maximum absolute atomic E-state index is 12.0. The summed E-state index contributed by atoms with van der Waals surface area (Å²) < 4.78 is 5.04. The van der Waals surface area contributed by atoms with Crippen LogP contribution in [0.3, 0.4) is 0 Å². The molecule has 0 N–H and O–H groups in total. The van der Waals surface area contributed by atoms with Crippen molar-refractivity contribution in [2.75, 3.05) is 12.9 Å². The lowest BCUT2D eigenvalue weighted by Gasteiger charge is -2.33. The summed E-state index contributed by atoms with van der Waals surface area (Å²) in [5, 5.41) is 0. The Bertz CT molecular complexity index is 360. The molecule has 5 heteroatoms.